The van der Waals surface area contributed by atoms with Gasteiger partial charge in [-0.15, -0.1) is 10.2 Å². The molecule has 0 bridgehead atoms. The van der Waals surface area contributed by atoms with Crippen LogP contribution in [0.15, 0.2) is 48.5 Å². The van der Waals surface area contributed by atoms with E-state index < -0.39 is 11.0 Å². The van der Waals surface area contributed by atoms with Gasteiger partial charge in [0, 0.05) is 47.5 Å². The van der Waals surface area contributed by atoms with E-state index in [1.807, 2.05) is 27.7 Å². The van der Waals surface area contributed by atoms with Crippen molar-refractivity contribution in [2.45, 2.75) is 78.2 Å². The number of H-pyrrole nitrogens is 1. The molecule has 256 valence electrons. The van der Waals surface area contributed by atoms with Crippen molar-refractivity contribution in [3.63, 3.8) is 0 Å². The molecular weight excluding hydrogens is 636 g/mol. The van der Waals surface area contributed by atoms with Gasteiger partial charge in [0.1, 0.15) is 10.8 Å². The number of carbonyl (C=O) groups excluding carboxylic acids is 4. The van der Waals surface area contributed by atoms with Gasteiger partial charge in [-0.3, -0.25) is 24.3 Å². The normalized spacial score (nSPS) is 12.0. The Kier molecular flexibility index (Phi) is 10.5. The second kappa shape index (κ2) is 14.1. The molecule has 4 amide bonds. The van der Waals surface area contributed by atoms with E-state index in [1.165, 1.54) is 6.92 Å². The first-order chi connectivity index (χ1) is 22.4. The van der Waals surface area contributed by atoms with Gasteiger partial charge in [0.25, 0.3) is 11.8 Å². The quantitative estimate of drug-likeness (QED) is 0.141. The molecule has 0 unspecified atom stereocenters. The maximum Gasteiger partial charge on any atom is 0.258 e. The molecule has 2 aromatic carbocycles. The van der Waals surface area contributed by atoms with E-state index in [-0.39, 0.29) is 48.6 Å². The minimum Gasteiger partial charge on any atom is -0.482 e. The smallest absolute Gasteiger partial charge is 0.258 e. The molecule has 0 aliphatic heterocycles. The summed E-state index contributed by atoms with van der Waals surface area (Å²) in [4.78, 5) is 49.5. The fourth-order valence-electron chi connectivity index (χ4n) is 4.88. The maximum absolute atomic E-state index is 13.2. The number of aromatic nitrogens is 4. The third-order valence-electron chi connectivity index (χ3n) is 8.25. The number of anilines is 2. The lowest BCUT2D eigenvalue weighted by Gasteiger charge is -2.40. The number of benzene rings is 2. The Labute approximate surface area is 284 Å². The fourth-order valence-corrected chi connectivity index (χ4v) is 5.33. The molecule has 0 aliphatic carbocycles. The summed E-state index contributed by atoms with van der Waals surface area (Å²) in [6, 6.07) is 13.2. The van der Waals surface area contributed by atoms with Gasteiger partial charge in [-0.25, -0.2) is 4.52 Å². The largest absolute Gasteiger partial charge is 0.482 e. The van der Waals surface area contributed by atoms with Crippen LogP contribution in [0.25, 0.3) is 5.65 Å². The Balaban J connectivity index is 1.32. The van der Waals surface area contributed by atoms with E-state index >= 15 is 0 Å². The number of amides is 4. The predicted octanol–water partition coefficient (Wildman–Crippen LogP) is 4.98. The van der Waals surface area contributed by atoms with Crippen molar-refractivity contribution < 1.29 is 23.9 Å². The molecular formula is C34H43ClN8O5. The second-order valence-corrected chi connectivity index (χ2v) is 14.0. The van der Waals surface area contributed by atoms with E-state index in [0.29, 0.717) is 39.2 Å². The van der Waals surface area contributed by atoms with E-state index in [4.69, 9.17) is 16.3 Å². The number of halogens is 1. The van der Waals surface area contributed by atoms with Crippen LogP contribution >= 0.6 is 11.6 Å². The standard InChI is InChI=1S/C34H43ClN8O5/c1-20(44)37-22-15-13-21(14-16-22)30(47)36-18-17-25(45)38-23-11-9-10-12-24(23)48-19-26(46)39-34(7,8)33(5,6)31-41-40-29-27(35)28(32(2,3)4)42-43(29)31/h9-16,42H,17-19H2,1-8H3,(H,36,47)(H,37,44)(H,38,45)(H,39,46). The lowest BCUT2D eigenvalue weighted by molar-refractivity contribution is -0.125. The van der Waals surface area contributed by atoms with Crippen molar-refractivity contribution in [2.75, 3.05) is 23.8 Å². The summed E-state index contributed by atoms with van der Waals surface area (Å²) in [5.74, 6) is -0.360. The number of para-hydroxylation sites is 2. The van der Waals surface area contributed by atoms with Crippen LogP contribution in [-0.2, 0) is 25.2 Å². The molecule has 4 rings (SSSR count). The minimum atomic E-state index is -0.804. The Hall–Kier alpha value is -4.91. The third kappa shape index (κ3) is 8.14. The van der Waals surface area contributed by atoms with Gasteiger partial charge in [0.2, 0.25) is 11.8 Å². The molecule has 14 heteroatoms. The van der Waals surface area contributed by atoms with Crippen LogP contribution in [0.5, 0.6) is 5.75 Å². The Morgan fingerprint density at radius 1 is 0.896 bits per heavy atom. The average molecular weight is 679 g/mol. The van der Waals surface area contributed by atoms with E-state index in [2.05, 4.69) is 57.3 Å². The van der Waals surface area contributed by atoms with Crippen LogP contribution in [0.2, 0.25) is 5.02 Å². The van der Waals surface area contributed by atoms with Crippen molar-refractivity contribution in [2.24, 2.45) is 0 Å². The monoisotopic (exact) mass is 678 g/mol. The zero-order chi connectivity index (χ0) is 35.4. The van der Waals surface area contributed by atoms with Crippen molar-refractivity contribution in [1.29, 1.82) is 0 Å². The third-order valence-corrected chi connectivity index (χ3v) is 8.61. The Morgan fingerprint density at radius 3 is 2.21 bits per heavy atom. The minimum absolute atomic E-state index is 0.00692. The first-order valence-electron chi connectivity index (χ1n) is 15.5. The first kappa shape index (κ1) is 35.9. The molecule has 0 spiro atoms. The number of hydrogen-bond donors (Lipinski definition) is 5. The SMILES string of the molecule is CC(=O)Nc1ccc(C(=O)NCCC(=O)Nc2ccccc2OCC(=O)NC(C)(C)C(C)(C)c2nnc3c(Cl)c(C(C)(C)C)[nH]n23)cc1. The molecule has 5 N–H and O–H groups in total. The second-order valence-electron chi connectivity index (χ2n) is 13.6. The highest BCUT2D eigenvalue weighted by atomic mass is 35.5. The number of aromatic amines is 1. The zero-order valence-corrected chi connectivity index (χ0v) is 29.3. The summed E-state index contributed by atoms with van der Waals surface area (Å²) < 4.78 is 7.60. The topological polar surface area (TPSA) is 172 Å². The number of carbonyl (C=O) groups is 4. The van der Waals surface area contributed by atoms with Gasteiger partial charge in [-0.05, 0) is 50.2 Å². The van der Waals surface area contributed by atoms with E-state index in [1.54, 1.807) is 53.0 Å². The number of rotatable bonds is 12. The van der Waals surface area contributed by atoms with Crippen molar-refractivity contribution in [1.82, 2.24) is 30.4 Å². The summed E-state index contributed by atoms with van der Waals surface area (Å²) in [5, 5.41) is 23.8. The molecule has 2 aromatic heterocycles. The maximum atomic E-state index is 13.2. The highest BCUT2D eigenvalue weighted by Crippen LogP contribution is 2.37. The van der Waals surface area contributed by atoms with Gasteiger partial charge in [0.15, 0.2) is 18.1 Å². The number of nitrogens with one attached hydrogen (secondary N) is 5. The lowest BCUT2D eigenvalue weighted by atomic mass is 9.73. The number of hydrogen-bond acceptors (Lipinski definition) is 7. The van der Waals surface area contributed by atoms with Gasteiger partial charge in [0.05, 0.1) is 11.4 Å². The van der Waals surface area contributed by atoms with E-state index in [9.17, 15) is 19.2 Å². The zero-order valence-electron chi connectivity index (χ0n) is 28.5. The molecule has 0 atom stereocenters. The lowest BCUT2D eigenvalue weighted by Crippen LogP contribution is -2.57. The molecule has 0 aliphatic rings. The molecule has 13 nitrogen and oxygen atoms in total. The molecule has 4 aromatic rings. The van der Waals surface area contributed by atoms with Crippen LogP contribution in [0.3, 0.4) is 0 Å². The first-order valence-corrected chi connectivity index (χ1v) is 15.9. The van der Waals surface area contributed by atoms with Crippen LogP contribution in [0, 0.1) is 0 Å². The summed E-state index contributed by atoms with van der Waals surface area (Å²) >= 11 is 6.63. The van der Waals surface area contributed by atoms with Crippen LogP contribution in [-0.4, -0.2) is 62.1 Å². The van der Waals surface area contributed by atoms with Crippen molar-refractivity contribution in [3.05, 3.63) is 70.6 Å². The van der Waals surface area contributed by atoms with E-state index in [0.717, 1.165) is 5.69 Å². The molecule has 0 saturated carbocycles. The average Bonchev–Trinajstić information content (AvgIpc) is 3.57. The van der Waals surface area contributed by atoms with Crippen LogP contribution in [0.4, 0.5) is 11.4 Å². The van der Waals surface area contributed by atoms with Crippen molar-refractivity contribution in [3.8, 4) is 5.75 Å². The number of ether oxygens (including phenoxy) is 1. The fraction of sp³-hybridized carbons (Fsp3) is 0.412. The Bertz CT molecular complexity index is 1820. The van der Waals surface area contributed by atoms with Gasteiger partial charge in [-0.2, -0.15) is 0 Å². The highest BCUT2D eigenvalue weighted by Gasteiger charge is 2.44. The Morgan fingerprint density at radius 2 is 1.56 bits per heavy atom. The van der Waals surface area contributed by atoms with Crippen LogP contribution in [0.1, 0.15) is 83.7 Å². The summed E-state index contributed by atoms with van der Waals surface area (Å²) in [6.45, 7) is 15.1. The highest BCUT2D eigenvalue weighted by molar-refractivity contribution is 6.34. The van der Waals surface area contributed by atoms with Gasteiger partial charge in [-0.1, -0.05) is 58.4 Å². The summed E-state index contributed by atoms with van der Waals surface area (Å²) in [6.07, 6.45) is 0.00692. The molecule has 0 radical (unpaired) electrons. The summed E-state index contributed by atoms with van der Waals surface area (Å²) in [7, 11) is 0. The van der Waals surface area contributed by atoms with Gasteiger partial charge >= 0.3 is 0 Å². The molecule has 48 heavy (non-hydrogen) atoms. The number of fused-ring (bicyclic) bond motifs is 1. The molecule has 2 heterocycles. The molecule has 0 fully saturated rings. The van der Waals surface area contributed by atoms with Gasteiger partial charge < -0.3 is 26.0 Å². The summed E-state index contributed by atoms with van der Waals surface area (Å²) in [5.41, 5.74) is 0.967. The molecule has 0 saturated heterocycles. The van der Waals surface area contributed by atoms with Crippen molar-refractivity contribution >= 4 is 52.3 Å². The number of nitrogens with zero attached hydrogens (tertiary/aromatic N) is 3. The van der Waals surface area contributed by atoms with Crippen LogP contribution < -0.4 is 26.0 Å². The predicted molar refractivity (Wildman–Crippen MR) is 185 cm³/mol.